The molecule has 1 saturated carbocycles. The van der Waals surface area contributed by atoms with E-state index < -0.39 is 5.92 Å². The molecule has 0 heterocycles. The number of rotatable bonds is 3. The fraction of sp³-hybridized carbons (Fsp3) is 1.00. The summed E-state index contributed by atoms with van der Waals surface area (Å²) in [5.41, 5.74) is 0. The third kappa shape index (κ3) is 1.93. The van der Waals surface area contributed by atoms with E-state index in [1.54, 1.807) is 0 Å². The summed E-state index contributed by atoms with van der Waals surface area (Å²) in [6, 6.07) is 0. The number of unbranched alkanes of at least 4 members (excludes halogenated alkanes) is 1. The van der Waals surface area contributed by atoms with Gasteiger partial charge in [-0.25, -0.2) is 8.78 Å². The van der Waals surface area contributed by atoms with E-state index in [0.717, 1.165) is 19.3 Å². The third-order valence-corrected chi connectivity index (χ3v) is 2.14. The van der Waals surface area contributed by atoms with Gasteiger partial charge in [0.05, 0.1) is 0 Å². The van der Waals surface area contributed by atoms with Gasteiger partial charge in [0.1, 0.15) is 0 Å². The molecule has 0 radical (unpaired) electrons. The minimum atomic E-state index is -2.31. The molecule has 1 fully saturated rings. The molecule has 0 unspecified atom stereocenters. The fourth-order valence-electron chi connectivity index (χ4n) is 1.48. The Bertz CT molecular complexity index is 102. The topological polar surface area (TPSA) is 0 Å². The average molecular weight is 148 g/mol. The Labute approximate surface area is 60.6 Å². The number of hydrogen-bond donors (Lipinski definition) is 0. The normalized spacial score (nSPS) is 24.3. The van der Waals surface area contributed by atoms with Crippen LogP contribution in [0.5, 0.6) is 0 Å². The first-order valence-corrected chi connectivity index (χ1v) is 4.02. The SMILES string of the molecule is CCCCC1CC(F)(F)C1. The highest BCUT2D eigenvalue weighted by molar-refractivity contribution is 4.85. The highest BCUT2D eigenvalue weighted by Crippen LogP contribution is 2.44. The van der Waals surface area contributed by atoms with Gasteiger partial charge in [0.15, 0.2) is 0 Å². The second kappa shape index (κ2) is 2.85. The number of halogens is 2. The van der Waals surface area contributed by atoms with Crippen molar-refractivity contribution in [2.75, 3.05) is 0 Å². The molecule has 0 aromatic rings. The lowest BCUT2D eigenvalue weighted by Gasteiger charge is -2.34. The molecule has 1 rings (SSSR count). The van der Waals surface area contributed by atoms with Gasteiger partial charge in [-0.15, -0.1) is 0 Å². The fourth-order valence-corrected chi connectivity index (χ4v) is 1.48. The van der Waals surface area contributed by atoms with Crippen molar-refractivity contribution in [3.8, 4) is 0 Å². The van der Waals surface area contributed by atoms with Gasteiger partial charge >= 0.3 is 0 Å². The predicted molar refractivity (Wildman–Crippen MR) is 37.2 cm³/mol. The molecule has 60 valence electrons. The molecule has 0 spiro atoms. The molecule has 0 nitrogen and oxygen atoms in total. The Morgan fingerprint density at radius 1 is 1.40 bits per heavy atom. The quantitative estimate of drug-likeness (QED) is 0.576. The van der Waals surface area contributed by atoms with Crippen LogP contribution in [-0.2, 0) is 0 Å². The predicted octanol–water partition coefficient (Wildman–Crippen LogP) is 3.22. The Morgan fingerprint density at radius 2 is 2.00 bits per heavy atom. The highest BCUT2D eigenvalue weighted by atomic mass is 19.3. The molecule has 10 heavy (non-hydrogen) atoms. The van der Waals surface area contributed by atoms with Gasteiger partial charge < -0.3 is 0 Å². The van der Waals surface area contributed by atoms with Crippen molar-refractivity contribution in [3.05, 3.63) is 0 Å². The maximum atomic E-state index is 12.2. The van der Waals surface area contributed by atoms with Crippen molar-refractivity contribution in [3.63, 3.8) is 0 Å². The second-order valence-corrected chi connectivity index (χ2v) is 3.27. The van der Waals surface area contributed by atoms with Crippen LogP contribution in [0.4, 0.5) is 8.78 Å². The Balaban J connectivity index is 2.03. The Morgan fingerprint density at radius 3 is 2.40 bits per heavy atom. The minimum absolute atomic E-state index is 0.146. The van der Waals surface area contributed by atoms with Crippen LogP contribution in [0.25, 0.3) is 0 Å². The molecule has 0 saturated heterocycles. The van der Waals surface area contributed by atoms with Crippen molar-refractivity contribution in [1.82, 2.24) is 0 Å². The Hall–Kier alpha value is -0.140. The molecule has 0 aliphatic heterocycles. The van der Waals surface area contributed by atoms with Gasteiger partial charge in [0.2, 0.25) is 5.92 Å². The maximum Gasteiger partial charge on any atom is 0.248 e. The smallest absolute Gasteiger partial charge is 0.207 e. The summed E-state index contributed by atoms with van der Waals surface area (Å²) in [4.78, 5) is 0. The van der Waals surface area contributed by atoms with E-state index in [1.807, 2.05) is 0 Å². The molecule has 1 aliphatic rings. The average Bonchev–Trinajstić information content (AvgIpc) is 1.78. The number of alkyl halides is 2. The first-order valence-electron chi connectivity index (χ1n) is 4.02. The van der Waals surface area contributed by atoms with Gasteiger partial charge in [0, 0.05) is 12.8 Å². The summed E-state index contributed by atoms with van der Waals surface area (Å²) in [6.45, 7) is 2.09. The molecule has 2 heteroatoms. The van der Waals surface area contributed by atoms with E-state index in [0.29, 0.717) is 5.92 Å². The van der Waals surface area contributed by atoms with Crippen LogP contribution in [0.15, 0.2) is 0 Å². The molecular formula is C8H14F2. The van der Waals surface area contributed by atoms with Crippen molar-refractivity contribution >= 4 is 0 Å². The zero-order chi connectivity index (χ0) is 7.61. The zero-order valence-electron chi connectivity index (χ0n) is 6.37. The number of hydrogen-bond acceptors (Lipinski definition) is 0. The van der Waals surface area contributed by atoms with Gasteiger partial charge in [-0.05, 0) is 5.92 Å². The summed E-state index contributed by atoms with van der Waals surface area (Å²) >= 11 is 0. The lowest BCUT2D eigenvalue weighted by Crippen LogP contribution is -2.35. The Kier molecular flexibility index (Phi) is 2.27. The van der Waals surface area contributed by atoms with Gasteiger partial charge in [-0.1, -0.05) is 26.2 Å². The van der Waals surface area contributed by atoms with Crippen LogP contribution in [0.1, 0.15) is 39.0 Å². The van der Waals surface area contributed by atoms with Crippen molar-refractivity contribution in [2.24, 2.45) is 5.92 Å². The molecule has 0 aromatic heterocycles. The van der Waals surface area contributed by atoms with E-state index in [-0.39, 0.29) is 12.8 Å². The molecule has 0 amide bonds. The van der Waals surface area contributed by atoms with Gasteiger partial charge in [-0.2, -0.15) is 0 Å². The zero-order valence-corrected chi connectivity index (χ0v) is 6.37. The van der Waals surface area contributed by atoms with Gasteiger partial charge in [-0.3, -0.25) is 0 Å². The molecule has 1 aliphatic carbocycles. The third-order valence-electron chi connectivity index (χ3n) is 2.14. The summed E-state index contributed by atoms with van der Waals surface area (Å²) in [5.74, 6) is -1.98. The van der Waals surface area contributed by atoms with Crippen LogP contribution in [-0.4, -0.2) is 5.92 Å². The molecular weight excluding hydrogens is 134 g/mol. The van der Waals surface area contributed by atoms with E-state index in [1.165, 1.54) is 0 Å². The highest BCUT2D eigenvalue weighted by Gasteiger charge is 2.44. The first kappa shape index (κ1) is 7.96. The second-order valence-electron chi connectivity index (χ2n) is 3.27. The monoisotopic (exact) mass is 148 g/mol. The van der Waals surface area contributed by atoms with E-state index in [2.05, 4.69) is 6.92 Å². The lowest BCUT2D eigenvalue weighted by molar-refractivity contribution is -0.112. The summed E-state index contributed by atoms with van der Waals surface area (Å²) in [6.07, 6.45) is 3.54. The van der Waals surface area contributed by atoms with E-state index in [9.17, 15) is 8.78 Å². The van der Waals surface area contributed by atoms with Crippen molar-refractivity contribution in [2.45, 2.75) is 45.0 Å². The van der Waals surface area contributed by atoms with Crippen LogP contribution >= 0.6 is 0 Å². The molecule has 0 bridgehead atoms. The molecule has 0 N–H and O–H groups in total. The largest absolute Gasteiger partial charge is 0.248 e. The summed E-state index contributed by atoms with van der Waals surface area (Å²) in [5, 5.41) is 0. The molecule has 0 aromatic carbocycles. The van der Waals surface area contributed by atoms with Crippen LogP contribution < -0.4 is 0 Å². The van der Waals surface area contributed by atoms with E-state index in [4.69, 9.17) is 0 Å². The van der Waals surface area contributed by atoms with Gasteiger partial charge in [0.25, 0.3) is 0 Å². The summed E-state index contributed by atoms with van der Waals surface area (Å²) < 4.78 is 24.4. The first-order chi connectivity index (χ1) is 4.64. The minimum Gasteiger partial charge on any atom is -0.207 e. The molecule has 0 atom stereocenters. The lowest BCUT2D eigenvalue weighted by atomic mass is 9.78. The standard InChI is InChI=1S/C8H14F2/c1-2-3-4-7-5-8(9,10)6-7/h7H,2-6H2,1H3. The van der Waals surface area contributed by atoms with Crippen molar-refractivity contribution in [1.29, 1.82) is 0 Å². The van der Waals surface area contributed by atoms with Crippen LogP contribution in [0.3, 0.4) is 0 Å². The van der Waals surface area contributed by atoms with Crippen LogP contribution in [0.2, 0.25) is 0 Å². The van der Waals surface area contributed by atoms with Crippen molar-refractivity contribution < 1.29 is 8.78 Å². The van der Waals surface area contributed by atoms with E-state index >= 15 is 0 Å². The maximum absolute atomic E-state index is 12.2. The van der Waals surface area contributed by atoms with Crippen LogP contribution in [0, 0.1) is 5.92 Å². The summed E-state index contributed by atoms with van der Waals surface area (Å²) in [7, 11) is 0.